The van der Waals surface area contributed by atoms with E-state index in [1.807, 2.05) is 24.3 Å². The maximum atomic E-state index is 5.08. The zero-order valence-electron chi connectivity index (χ0n) is 7.28. The molecular weight excluding hydrogens is 202 g/mol. The maximum Gasteiger partial charge on any atom is 0.130 e. The highest BCUT2D eigenvalue weighted by Crippen LogP contribution is 2.12. The largest absolute Gasteiger partial charge is 0.497 e. The molecule has 0 saturated carbocycles. The van der Waals surface area contributed by atoms with E-state index in [0.29, 0.717) is 10.9 Å². The van der Waals surface area contributed by atoms with Gasteiger partial charge in [0, 0.05) is 6.54 Å². The van der Waals surface area contributed by atoms with Gasteiger partial charge < -0.3 is 10.1 Å². The minimum Gasteiger partial charge on any atom is -0.497 e. The summed E-state index contributed by atoms with van der Waals surface area (Å²) in [5.74, 6) is 0.851. The van der Waals surface area contributed by atoms with Crippen molar-refractivity contribution < 1.29 is 4.74 Å². The van der Waals surface area contributed by atoms with E-state index in [-0.39, 0.29) is 0 Å². The third kappa shape index (κ3) is 3.65. The van der Waals surface area contributed by atoms with Crippen molar-refractivity contribution in [3.05, 3.63) is 29.8 Å². The van der Waals surface area contributed by atoms with E-state index in [1.165, 1.54) is 0 Å². The Morgan fingerprint density at radius 1 is 1.62 bits per heavy atom. The van der Waals surface area contributed by atoms with E-state index in [4.69, 9.17) is 17.0 Å². The normalized spacial score (nSPS) is 9.38. The van der Waals surface area contributed by atoms with Gasteiger partial charge in [-0.1, -0.05) is 24.4 Å². The van der Waals surface area contributed by atoms with Gasteiger partial charge in [-0.2, -0.15) is 0 Å². The number of methoxy groups -OCH3 is 1. The number of rotatable bonds is 3. The molecule has 0 spiro atoms. The van der Waals surface area contributed by atoms with Gasteiger partial charge >= 0.3 is 0 Å². The number of hydrogen-bond donors (Lipinski definition) is 2. The van der Waals surface area contributed by atoms with Crippen molar-refractivity contribution in [3.8, 4) is 5.75 Å². The van der Waals surface area contributed by atoms with Crippen LogP contribution in [0.1, 0.15) is 5.56 Å². The fourth-order valence-electron chi connectivity index (χ4n) is 0.960. The molecular formula is C9H11NOS2. The number of thiocarbonyl (C=S) groups is 1. The second-order valence-corrected chi connectivity index (χ2v) is 3.67. The van der Waals surface area contributed by atoms with Gasteiger partial charge in [-0.3, -0.25) is 0 Å². The first-order valence-electron chi connectivity index (χ1n) is 3.82. The zero-order valence-corrected chi connectivity index (χ0v) is 8.99. The molecule has 0 bridgehead atoms. The highest BCUT2D eigenvalue weighted by molar-refractivity contribution is 8.11. The Labute approximate surface area is 88.7 Å². The molecule has 0 unspecified atom stereocenters. The lowest BCUT2D eigenvalue weighted by Crippen LogP contribution is -2.15. The molecule has 0 aliphatic heterocycles. The van der Waals surface area contributed by atoms with Crippen LogP contribution in [-0.4, -0.2) is 11.4 Å². The van der Waals surface area contributed by atoms with Crippen LogP contribution in [0.2, 0.25) is 0 Å². The highest BCUT2D eigenvalue weighted by Gasteiger charge is 1.95. The van der Waals surface area contributed by atoms with Crippen molar-refractivity contribution >= 4 is 29.2 Å². The summed E-state index contributed by atoms with van der Waals surface area (Å²) >= 11 is 8.74. The number of hydrogen-bond acceptors (Lipinski definition) is 2. The minimum absolute atomic E-state index is 0.503. The monoisotopic (exact) mass is 213 g/mol. The molecule has 1 rings (SSSR count). The van der Waals surface area contributed by atoms with E-state index in [0.717, 1.165) is 11.3 Å². The Balaban J connectivity index is 2.61. The Bertz CT molecular complexity index is 301. The van der Waals surface area contributed by atoms with Crippen molar-refractivity contribution in [2.45, 2.75) is 6.54 Å². The summed E-state index contributed by atoms with van der Waals surface area (Å²) in [6.07, 6.45) is 0. The summed E-state index contributed by atoms with van der Waals surface area (Å²) < 4.78 is 5.58. The quantitative estimate of drug-likeness (QED) is 0.592. The topological polar surface area (TPSA) is 21.3 Å². The third-order valence-corrected chi connectivity index (χ3v) is 1.88. The summed E-state index contributed by atoms with van der Waals surface area (Å²) in [6, 6.07) is 7.81. The van der Waals surface area contributed by atoms with E-state index >= 15 is 0 Å². The Kier molecular flexibility index (Phi) is 4.05. The Morgan fingerprint density at radius 3 is 3.00 bits per heavy atom. The molecule has 0 aliphatic rings. The third-order valence-electron chi connectivity index (χ3n) is 1.58. The maximum absolute atomic E-state index is 5.08. The van der Waals surface area contributed by atoms with Crippen LogP contribution in [0.4, 0.5) is 0 Å². The lowest BCUT2D eigenvalue weighted by molar-refractivity contribution is 0.414. The average molecular weight is 213 g/mol. The molecule has 70 valence electrons. The SMILES string of the molecule is COc1cccc(CNC(=S)S)c1. The minimum atomic E-state index is 0.503. The zero-order chi connectivity index (χ0) is 9.68. The predicted octanol–water partition coefficient (Wildman–Crippen LogP) is 2.00. The first kappa shape index (κ1) is 10.3. The van der Waals surface area contributed by atoms with Crippen molar-refractivity contribution in [2.24, 2.45) is 0 Å². The van der Waals surface area contributed by atoms with Crippen molar-refractivity contribution in [1.82, 2.24) is 5.32 Å². The lowest BCUT2D eigenvalue weighted by Gasteiger charge is -2.05. The smallest absolute Gasteiger partial charge is 0.130 e. The van der Waals surface area contributed by atoms with Gasteiger partial charge in [0.2, 0.25) is 0 Å². The van der Waals surface area contributed by atoms with Crippen LogP contribution >= 0.6 is 24.8 Å². The highest BCUT2D eigenvalue weighted by atomic mass is 32.1. The molecule has 1 aromatic rings. The summed E-state index contributed by atoms with van der Waals surface area (Å²) in [6.45, 7) is 0.680. The number of thiol groups is 1. The van der Waals surface area contributed by atoms with Gasteiger partial charge in [0.05, 0.1) is 7.11 Å². The summed E-state index contributed by atoms with van der Waals surface area (Å²) in [7, 11) is 1.65. The van der Waals surface area contributed by atoms with Gasteiger partial charge in [0.25, 0.3) is 0 Å². The van der Waals surface area contributed by atoms with Crippen LogP contribution in [0.5, 0.6) is 5.75 Å². The van der Waals surface area contributed by atoms with Gasteiger partial charge in [0.1, 0.15) is 10.1 Å². The van der Waals surface area contributed by atoms with E-state index in [2.05, 4.69) is 17.9 Å². The molecule has 13 heavy (non-hydrogen) atoms. The van der Waals surface area contributed by atoms with Crippen molar-refractivity contribution in [1.29, 1.82) is 0 Å². The Morgan fingerprint density at radius 2 is 2.38 bits per heavy atom. The fourth-order valence-corrected chi connectivity index (χ4v) is 1.11. The molecule has 0 radical (unpaired) electrons. The first-order chi connectivity index (χ1) is 6.22. The van der Waals surface area contributed by atoms with Gasteiger partial charge in [-0.05, 0) is 17.7 Å². The average Bonchev–Trinajstić information content (AvgIpc) is 2.15. The molecule has 4 heteroatoms. The molecule has 0 aliphatic carbocycles. The second-order valence-electron chi connectivity index (χ2n) is 2.51. The van der Waals surface area contributed by atoms with Crippen molar-refractivity contribution in [3.63, 3.8) is 0 Å². The number of benzene rings is 1. The number of nitrogens with one attached hydrogen (secondary N) is 1. The Hall–Kier alpha value is -0.740. The molecule has 0 amide bonds. The summed E-state index contributed by atoms with van der Waals surface area (Å²) in [5.41, 5.74) is 1.12. The van der Waals surface area contributed by atoms with E-state index in [1.54, 1.807) is 7.11 Å². The van der Waals surface area contributed by atoms with Crippen LogP contribution < -0.4 is 10.1 Å². The molecule has 2 nitrogen and oxygen atoms in total. The molecule has 0 atom stereocenters. The van der Waals surface area contributed by atoms with Gasteiger partial charge in [-0.15, -0.1) is 12.6 Å². The first-order valence-corrected chi connectivity index (χ1v) is 4.67. The summed E-state index contributed by atoms with van der Waals surface area (Å²) in [4.78, 5) is 0. The van der Waals surface area contributed by atoms with Crippen LogP contribution in [-0.2, 0) is 6.54 Å². The summed E-state index contributed by atoms with van der Waals surface area (Å²) in [5, 5.41) is 2.95. The van der Waals surface area contributed by atoms with Gasteiger partial charge in [-0.25, -0.2) is 0 Å². The second kappa shape index (κ2) is 5.09. The molecule has 0 heterocycles. The van der Waals surface area contributed by atoms with Crippen LogP contribution in [0.25, 0.3) is 0 Å². The predicted molar refractivity (Wildman–Crippen MR) is 61.4 cm³/mol. The molecule has 0 aromatic heterocycles. The van der Waals surface area contributed by atoms with Crippen molar-refractivity contribution in [2.75, 3.05) is 7.11 Å². The van der Waals surface area contributed by atoms with E-state index < -0.39 is 0 Å². The van der Waals surface area contributed by atoms with Crippen LogP contribution in [0.3, 0.4) is 0 Å². The molecule has 1 aromatic carbocycles. The van der Waals surface area contributed by atoms with Crippen LogP contribution in [0.15, 0.2) is 24.3 Å². The molecule has 1 N–H and O–H groups in total. The molecule has 0 fully saturated rings. The fraction of sp³-hybridized carbons (Fsp3) is 0.222. The van der Waals surface area contributed by atoms with E-state index in [9.17, 15) is 0 Å². The number of ether oxygens (including phenoxy) is 1. The lowest BCUT2D eigenvalue weighted by atomic mass is 10.2. The van der Waals surface area contributed by atoms with Gasteiger partial charge in [0.15, 0.2) is 0 Å². The molecule has 0 saturated heterocycles. The standard InChI is InChI=1S/C9H11NOS2/c1-11-8-4-2-3-7(5-8)6-10-9(12)13/h2-5H,6H2,1H3,(H2,10,12,13). The van der Waals surface area contributed by atoms with Crippen LogP contribution in [0, 0.1) is 0 Å².